The molecule has 0 aromatic heterocycles. The van der Waals surface area contributed by atoms with Crippen LogP contribution in [0, 0.1) is 5.82 Å². The fourth-order valence-corrected chi connectivity index (χ4v) is 2.67. The molecule has 1 aromatic carbocycles. The van der Waals surface area contributed by atoms with Crippen LogP contribution in [-0.4, -0.2) is 13.7 Å². The normalized spacial score (nSPS) is 24.4. The highest BCUT2D eigenvalue weighted by atomic mass is 19.4. The largest absolute Gasteiger partial charge is 0.416 e. The van der Waals surface area contributed by atoms with Gasteiger partial charge in [0.05, 0.1) is 23.8 Å². The maximum Gasteiger partial charge on any atom is 0.416 e. The summed E-state index contributed by atoms with van der Waals surface area (Å²) in [6.45, 7) is 0.284. The summed E-state index contributed by atoms with van der Waals surface area (Å²) in [6.07, 6.45) is -3.24. The third-order valence-corrected chi connectivity index (χ3v) is 3.88. The van der Waals surface area contributed by atoms with E-state index in [9.17, 15) is 17.6 Å². The predicted molar refractivity (Wildman–Crippen MR) is 60.1 cm³/mol. The van der Waals surface area contributed by atoms with Crippen LogP contribution in [0.4, 0.5) is 17.6 Å². The third-order valence-electron chi connectivity index (χ3n) is 3.88. The van der Waals surface area contributed by atoms with Crippen molar-refractivity contribution in [1.82, 2.24) is 5.32 Å². The van der Waals surface area contributed by atoms with Crippen molar-refractivity contribution in [2.24, 2.45) is 0 Å². The number of hydrogen-bond acceptors (Lipinski definition) is 2. The number of nitrogens with one attached hydrogen (secondary N) is 1. The highest BCUT2D eigenvalue weighted by molar-refractivity contribution is 5.44. The molecule has 1 heterocycles. The summed E-state index contributed by atoms with van der Waals surface area (Å²) in [4.78, 5) is 0. The van der Waals surface area contributed by atoms with Crippen LogP contribution in [0.3, 0.4) is 0 Å². The highest BCUT2D eigenvalue weighted by Crippen LogP contribution is 2.55. The minimum Gasteiger partial charge on any atom is -0.368 e. The van der Waals surface area contributed by atoms with Crippen LogP contribution in [-0.2, 0) is 16.5 Å². The van der Waals surface area contributed by atoms with E-state index < -0.39 is 29.2 Å². The lowest BCUT2D eigenvalue weighted by Gasteiger charge is -2.33. The van der Waals surface area contributed by atoms with Gasteiger partial charge in [-0.15, -0.1) is 0 Å². The standard InChI is InChI=1S/C13H13F4NO/c1-18-10-6-19-12(2-3-12)8-4-7(13(15,16)17)5-9(14)11(8)10/h4-5,10,18H,2-3,6H2,1H3. The molecule has 2 aliphatic rings. The van der Waals surface area contributed by atoms with E-state index in [1.807, 2.05) is 0 Å². The monoisotopic (exact) mass is 275 g/mol. The van der Waals surface area contributed by atoms with Gasteiger partial charge in [-0.1, -0.05) is 0 Å². The van der Waals surface area contributed by atoms with Gasteiger partial charge in [-0.05, 0) is 37.6 Å². The van der Waals surface area contributed by atoms with Gasteiger partial charge in [-0.25, -0.2) is 4.39 Å². The molecule has 1 aliphatic heterocycles. The lowest BCUT2D eigenvalue weighted by molar-refractivity contribution is -0.138. The van der Waals surface area contributed by atoms with E-state index in [0.717, 1.165) is 6.07 Å². The fraction of sp³-hybridized carbons (Fsp3) is 0.538. The molecule has 1 aliphatic carbocycles. The van der Waals surface area contributed by atoms with Crippen molar-refractivity contribution in [1.29, 1.82) is 0 Å². The van der Waals surface area contributed by atoms with Gasteiger partial charge in [0.2, 0.25) is 0 Å². The van der Waals surface area contributed by atoms with Gasteiger partial charge in [0.15, 0.2) is 0 Å². The second kappa shape index (κ2) is 3.93. The summed E-state index contributed by atoms with van der Waals surface area (Å²) in [5.74, 6) is -0.807. The van der Waals surface area contributed by atoms with Crippen molar-refractivity contribution in [2.75, 3.05) is 13.7 Å². The number of likely N-dealkylation sites (N-methyl/N-ethyl adjacent to an activating group) is 1. The smallest absolute Gasteiger partial charge is 0.368 e. The predicted octanol–water partition coefficient (Wildman–Crippen LogP) is 3.12. The zero-order valence-electron chi connectivity index (χ0n) is 10.3. The van der Waals surface area contributed by atoms with E-state index >= 15 is 0 Å². The Kier molecular flexibility index (Phi) is 2.66. The SMILES string of the molecule is CNC1COC2(CC2)c2cc(C(F)(F)F)cc(F)c21. The average Bonchev–Trinajstić information content (AvgIpc) is 3.10. The Balaban J connectivity index is 2.18. The second-order valence-electron chi connectivity index (χ2n) is 5.06. The van der Waals surface area contributed by atoms with Gasteiger partial charge in [0.1, 0.15) is 5.82 Å². The molecule has 104 valence electrons. The van der Waals surface area contributed by atoms with Crippen molar-refractivity contribution in [3.05, 3.63) is 34.6 Å². The van der Waals surface area contributed by atoms with Crippen molar-refractivity contribution in [2.45, 2.75) is 30.7 Å². The Morgan fingerprint density at radius 3 is 2.53 bits per heavy atom. The van der Waals surface area contributed by atoms with E-state index in [0.29, 0.717) is 30.0 Å². The van der Waals surface area contributed by atoms with E-state index in [2.05, 4.69) is 5.32 Å². The number of alkyl halides is 3. The zero-order valence-corrected chi connectivity index (χ0v) is 10.3. The zero-order chi connectivity index (χ0) is 13.8. The van der Waals surface area contributed by atoms with Crippen molar-refractivity contribution >= 4 is 0 Å². The third kappa shape index (κ3) is 1.94. The quantitative estimate of drug-likeness (QED) is 0.795. The Bertz CT molecular complexity index is 522. The summed E-state index contributed by atoms with van der Waals surface area (Å²) in [7, 11) is 1.64. The molecule has 0 amide bonds. The molecule has 1 fully saturated rings. The summed E-state index contributed by atoms with van der Waals surface area (Å²) >= 11 is 0. The first-order valence-electron chi connectivity index (χ1n) is 6.10. The molecule has 0 radical (unpaired) electrons. The number of halogens is 4. The molecule has 0 bridgehead atoms. The maximum absolute atomic E-state index is 14.1. The van der Waals surface area contributed by atoms with Crippen LogP contribution in [0.5, 0.6) is 0 Å². The molecule has 1 unspecified atom stereocenters. The van der Waals surface area contributed by atoms with Crippen molar-refractivity contribution in [3.63, 3.8) is 0 Å². The highest BCUT2D eigenvalue weighted by Gasteiger charge is 2.52. The van der Waals surface area contributed by atoms with Crippen LogP contribution in [0.25, 0.3) is 0 Å². The van der Waals surface area contributed by atoms with E-state index in [-0.39, 0.29) is 6.61 Å². The molecule has 6 heteroatoms. The van der Waals surface area contributed by atoms with E-state index in [4.69, 9.17) is 4.74 Å². The number of ether oxygens (including phenoxy) is 1. The second-order valence-corrected chi connectivity index (χ2v) is 5.06. The molecule has 2 nitrogen and oxygen atoms in total. The number of fused-ring (bicyclic) bond motifs is 2. The summed E-state index contributed by atoms with van der Waals surface area (Å²) in [5.41, 5.74) is -0.967. The molecular weight excluding hydrogens is 262 g/mol. The number of hydrogen-bond donors (Lipinski definition) is 1. The van der Waals surface area contributed by atoms with E-state index in [1.165, 1.54) is 0 Å². The fourth-order valence-electron chi connectivity index (χ4n) is 2.67. The first-order valence-corrected chi connectivity index (χ1v) is 6.10. The van der Waals surface area contributed by atoms with Crippen molar-refractivity contribution < 1.29 is 22.3 Å². The molecule has 1 aromatic rings. The van der Waals surface area contributed by atoms with Gasteiger partial charge in [-0.3, -0.25) is 0 Å². The lowest BCUT2D eigenvalue weighted by atomic mass is 9.90. The van der Waals surface area contributed by atoms with Gasteiger partial charge < -0.3 is 10.1 Å². The molecule has 1 spiro atoms. The molecule has 3 rings (SSSR count). The Morgan fingerprint density at radius 2 is 2.00 bits per heavy atom. The van der Waals surface area contributed by atoms with E-state index in [1.54, 1.807) is 7.05 Å². The molecule has 1 atom stereocenters. The van der Waals surface area contributed by atoms with Gasteiger partial charge >= 0.3 is 6.18 Å². The van der Waals surface area contributed by atoms with Crippen LogP contribution in [0.1, 0.15) is 35.6 Å². The molecule has 0 saturated heterocycles. The molecule has 1 N–H and O–H groups in total. The first kappa shape index (κ1) is 12.9. The first-order chi connectivity index (χ1) is 8.87. The minimum absolute atomic E-state index is 0.284. The minimum atomic E-state index is -4.54. The van der Waals surface area contributed by atoms with Crippen LogP contribution >= 0.6 is 0 Å². The molecule has 1 saturated carbocycles. The van der Waals surface area contributed by atoms with Gasteiger partial charge in [-0.2, -0.15) is 13.2 Å². The van der Waals surface area contributed by atoms with Crippen molar-refractivity contribution in [3.8, 4) is 0 Å². The summed E-state index contributed by atoms with van der Waals surface area (Å²) in [6, 6.07) is 1.21. The summed E-state index contributed by atoms with van der Waals surface area (Å²) in [5, 5.41) is 2.88. The Hall–Kier alpha value is -1.14. The Labute approximate surface area is 107 Å². The van der Waals surface area contributed by atoms with Crippen LogP contribution in [0.2, 0.25) is 0 Å². The van der Waals surface area contributed by atoms with Gasteiger partial charge in [0.25, 0.3) is 0 Å². The maximum atomic E-state index is 14.1. The number of rotatable bonds is 1. The summed E-state index contributed by atoms with van der Waals surface area (Å²) < 4.78 is 58.0. The molecular formula is C13H13F4NO. The van der Waals surface area contributed by atoms with Gasteiger partial charge in [0, 0.05) is 5.56 Å². The average molecular weight is 275 g/mol. The number of benzene rings is 1. The van der Waals surface area contributed by atoms with Crippen LogP contribution in [0.15, 0.2) is 12.1 Å². The van der Waals surface area contributed by atoms with Crippen LogP contribution < -0.4 is 5.32 Å². The topological polar surface area (TPSA) is 21.3 Å². The Morgan fingerprint density at radius 1 is 1.32 bits per heavy atom. The lowest BCUT2D eigenvalue weighted by Crippen LogP contribution is -2.34. The molecule has 19 heavy (non-hydrogen) atoms.